The second kappa shape index (κ2) is 8.14. The molecular weight excluding hydrogens is 346 g/mol. The Morgan fingerprint density at radius 1 is 1.15 bits per heavy atom. The van der Waals surface area contributed by atoms with Gasteiger partial charge in [-0.15, -0.1) is 10.2 Å². The molecule has 1 unspecified atom stereocenters. The molecule has 7 heteroatoms. The molecule has 3 rings (SSSR count). The minimum Gasteiger partial charge on any atom is -0.340 e. The zero-order chi connectivity index (χ0) is 18.5. The quantitative estimate of drug-likeness (QED) is 0.627. The summed E-state index contributed by atoms with van der Waals surface area (Å²) in [6.45, 7) is 2.49. The van der Waals surface area contributed by atoms with Crippen molar-refractivity contribution < 1.29 is 4.79 Å². The first kappa shape index (κ1) is 18.1. The fraction of sp³-hybridized carbons (Fsp3) is 0.263. The highest BCUT2D eigenvalue weighted by molar-refractivity contribution is 8.00. The summed E-state index contributed by atoms with van der Waals surface area (Å²) in [7, 11) is 3.73. The van der Waals surface area contributed by atoms with Crippen molar-refractivity contribution in [1.29, 1.82) is 0 Å². The van der Waals surface area contributed by atoms with Crippen molar-refractivity contribution in [2.24, 2.45) is 7.05 Å². The number of hydrogen-bond donors (Lipinski definition) is 0. The third-order valence-electron chi connectivity index (χ3n) is 4.04. The van der Waals surface area contributed by atoms with E-state index in [-0.39, 0.29) is 11.2 Å². The highest BCUT2D eigenvalue weighted by atomic mass is 32.2. The van der Waals surface area contributed by atoms with E-state index in [1.165, 1.54) is 11.8 Å². The molecule has 2 aromatic heterocycles. The van der Waals surface area contributed by atoms with Crippen LogP contribution in [0.25, 0.3) is 11.4 Å². The lowest BCUT2D eigenvalue weighted by molar-refractivity contribution is -0.129. The highest BCUT2D eigenvalue weighted by Crippen LogP contribution is 2.26. The SMILES string of the molecule is CC(Sc1nnc(-c2ccncc2)n1C)C(=O)N(C)Cc1ccccc1. The molecule has 134 valence electrons. The van der Waals surface area contributed by atoms with E-state index in [2.05, 4.69) is 15.2 Å². The summed E-state index contributed by atoms with van der Waals surface area (Å²) in [5, 5.41) is 8.95. The Bertz CT molecular complexity index is 866. The van der Waals surface area contributed by atoms with Crippen molar-refractivity contribution in [3.05, 3.63) is 60.4 Å². The van der Waals surface area contributed by atoms with Gasteiger partial charge in [0.2, 0.25) is 5.91 Å². The molecule has 0 N–H and O–H groups in total. The van der Waals surface area contributed by atoms with Crippen molar-refractivity contribution in [1.82, 2.24) is 24.6 Å². The van der Waals surface area contributed by atoms with Gasteiger partial charge in [0.1, 0.15) is 0 Å². The molecule has 0 spiro atoms. The van der Waals surface area contributed by atoms with Crippen LogP contribution < -0.4 is 0 Å². The summed E-state index contributed by atoms with van der Waals surface area (Å²) in [6, 6.07) is 13.7. The molecule has 0 aliphatic carbocycles. The molecule has 1 atom stereocenters. The van der Waals surface area contributed by atoms with Crippen LogP contribution >= 0.6 is 11.8 Å². The number of benzene rings is 1. The average molecular weight is 367 g/mol. The molecule has 0 radical (unpaired) electrons. The van der Waals surface area contributed by atoms with E-state index >= 15 is 0 Å². The standard InChI is InChI=1S/C19H21N5OS/c1-14(18(25)23(2)13-15-7-5-4-6-8-15)26-19-22-21-17(24(19)3)16-9-11-20-12-10-16/h4-12,14H,13H2,1-3H3. The number of amides is 1. The lowest BCUT2D eigenvalue weighted by Crippen LogP contribution is -2.32. The van der Waals surface area contributed by atoms with E-state index in [0.717, 1.165) is 17.0 Å². The molecule has 0 aliphatic rings. The number of aromatic nitrogens is 4. The van der Waals surface area contributed by atoms with Crippen LogP contribution in [0, 0.1) is 0 Å². The first-order chi connectivity index (χ1) is 12.6. The van der Waals surface area contributed by atoms with Gasteiger partial charge < -0.3 is 9.47 Å². The minimum atomic E-state index is -0.253. The van der Waals surface area contributed by atoms with Gasteiger partial charge in [0.15, 0.2) is 11.0 Å². The molecule has 1 aromatic carbocycles. The number of thioether (sulfide) groups is 1. The van der Waals surface area contributed by atoms with E-state index in [0.29, 0.717) is 11.7 Å². The monoisotopic (exact) mass is 367 g/mol. The van der Waals surface area contributed by atoms with E-state index < -0.39 is 0 Å². The Labute approximate surface area is 157 Å². The van der Waals surface area contributed by atoms with E-state index in [9.17, 15) is 4.79 Å². The zero-order valence-corrected chi connectivity index (χ0v) is 15.8. The summed E-state index contributed by atoms with van der Waals surface area (Å²) < 4.78 is 1.90. The van der Waals surface area contributed by atoms with Crippen LogP contribution in [0.5, 0.6) is 0 Å². The summed E-state index contributed by atoms with van der Waals surface area (Å²) >= 11 is 1.42. The fourth-order valence-electron chi connectivity index (χ4n) is 2.62. The molecule has 0 saturated heterocycles. The normalized spacial score (nSPS) is 12.0. The van der Waals surface area contributed by atoms with Crippen LogP contribution in [0.3, 0.4) is 0 Å². The maximum atomic E-state index is 12.7. The maximum absolute atomic E-state index is 12.7. The molecular formula is C19H21N5OS. The van der Waals surface area contributed by atoms with E-state index in [1.807, 2.05) is 68.1 Å². The zero-order valence-electron chi connectivity index (χ0n) is 15.0. The van der Waals surface area contributed by atoms with Gasteiger partial charge in [-0.3, -0.25) is 9.78 Å². The molecule has 6 nitrogen and oxygen atoms in total. The summed E-state index contributed by atoms with van der Waals surface area (Å²) in [4.78, 5) is 18.4. The molecule has 0 bridgehead atoms. The fourth-order valence-corrected chi connectivity index (χ4v) is 3.55. The first-order valence-electron chi connectivity index (χ1n) is 8.31. The van der Waals surface area contributed by atoms with Gasteiger partial charge >= 0.3 is 0 Å². The average Bonchev–Trinajstić information content (AvgIpc) is 3.03. The number of carbonyl (C=O) groups is 1. The van der Waals surface area contributed by atoms with Gasteiger partial charge in [0.05, 0.1) is 5.25 Å². The Balaban J connectivity index is 1.67. The number of hydrogen-bond acceptors (Lipinski definition) is 5. The van der Waals surface area contributed by atoms with Gasteiger partial charge in [-0.25, -0.2) is 0 Å². The molecule has 3 aromatic rings. The summed E-state index contributed by atoms with van der Waals surface area (Å²) in [6.07, 6.45) is 3.45. The lowest BCUT2D eigenvalue weighted by Gasteiger charge is -2.21. The summed E-state index contributed by atoms with van der Waals surface area (Å²) in [5.74, 6) is 0.819. The minimum absolute atomic E-state index is 0.0623. The highest BCUT2D eigenvalue weighted by Gasteiger charge is 2.22. The summed E-state index contributed by atoms with van der Waals surface area (Å²) in [5.41, 5.74) is 2.06. The van der Waals surface area contributed by atoms with Crippen molar-refractivity contribution in [2.45, 2.75) is 23.9 Å². The van der Waals surface area contributed by atoms with Crippen LogP contribution in [-0.2, 0) is 18.4 Å². The number of pyridine rings is 1. The van der Waals surface area contributed by atoms with Crippen LogP contribution in [0.4, 0.5) is 0 Å². The lowest BCUT2D eigenvalue weighted by atomic mass is 10.2. The molecule has 0 fully saturated rings. The Hall–Kier alpha value is -2.67. The number of rotatable bonds is 6. The van der Waals surface area contributed by atoms with Gasteiger partial charge in [0.25, 0.3) is 0 Å². The van der Waals surface area contributed by atoms with E-state index in [4.69, 9.17) is 0 Å². The Kier molecular flexibility index (Phi) is 5.68. The van der Waals surface area contributed by atoms with Gasteiger partial charge in [-0.1, -0.05) is 42.1 Å². The van der Waals surface area contributed by atoms with E-state index in [1.54, 1.807) is 17.3 Å². The molecule has 0 aliphatic heterocycles. The van der Waals surface area contributed by atoms with Crippen LogP contribution in [-0.4, -0.2) is 42.9 Å². The van der Waals surface area contributed by atoms with Crippen molar-refractivity contribution in [3.8, 4) is 11.4 Å². The van der Waals surface area contributed by atoms with Crippen molar-refractivity contribution >= 4 is 17.7 Å². The second-order valence-corrected chi connectivity index (χ2v) is 7.35. The predicted molar refractivity (Wildman–Crippen MR) is 102 cm³/mol. The Morgan fingerprint density at radius 3 is 2.54 bits per heavy atom. The third kappa shape index (κ3) is 4.11. The van der Waals surface area contributed by atoms with Crippen molar-refractivity contribution in [2.75, 3.05) is 7.05 Å². The predicted octanol–water partition coefficient (Wildman–Crippen LogP) is 3.02. The van der Waals surface area contributed by atoms with Gasteiger partial charge in [-0.05, 0) is 24.6 Å². The van der Waals surface area contributed by atoms with Gasteiger partial charge in [-0.2, -0.15) is 0 Å². The first-order valence-corrected chi connectivity index (χ1v) is 9.19. The molecule has 1 amide bonds. The smallest absolute Gasteiger partial charge is 0.235 e. The van der Waals surface area contributed by atoms with Crippen molar-refractivity contribution in [3.63, 3.8) is 0 Å². The maximum Gasteiger partial charge on any atom is 0.235 e. The third-order valence-corrected chi connectivity index (χ3v) is 5.16. The largest absolute Gasteiger partial charge is 0.340 e. The molecule has 2 heterocycles. The molecule has 0 saturated carbocycles. The number of carbonyl (C=O) groups excluding carboxylic acids is 1. The number of nitrogens with zero attached hydrogens (tertiary/aromatic N) is 5. The second-order valence-electron chi connectivity index (χ2n) is 6.04. The van der Waals surface area contributed by atoms with Crippen LogP contribution in [0.15, 0.2) is 60.0 Å². The molecule has 26 heavy (non-hydrogen) atoms. The Morgan fingerprint density at radius 2 is 1.85 bits per heavy atom. The van der Waals surface area contributed by atoms with Gasteiger partial charge in [0, 0.05) is 38.6 Å². The topological polar surface area (TPSA) is 63.9 Å². The van der Waals surface area contributed by atoms with Crippen LogP contribution in [0.2, 0.25) is 0 Å². The van der Waals surface area contributed by atoms with Crippen LogP contribution in [0.1, 0.15) is 12.5 Å².